The maximum absolute atomic E-state index is 12.3. The van der Waals surface area contributed by atoms with Crippen LogP contribution in [0.4, 0.5) is 0 Å². The minimum Gasteiger partial charge on any atom is -0.507 e. The molecule has 4 rings (SSSR count). The Morgan fingerprint density at radius 2 is 2.14 bits per heavy atom. The SMILES string of the molecule is CN1CCC(CN=C2NC(=O)/C(=C/c3csc(-c4ccccc4O)n3)S2)CC1. The number of amidine groups is 1. The number of carbonyl (C=O) groups excluding carboxylic acids is 1. The van der Waals surface area contributed by atoms with Gasteiger partial charge in [-0.15, -0.1) is 11.3 Å². The minimum absolute atomic E-state index is 0.135. The molecule has 0 atom stereocenters. The molecule has 1 aromatic heterocycles. The fraction of sp³-hybridized carbons (Fsp3) is 0.350. The monoisotopic (exact) mass is 414 g/mol. The van der Waals surface area contributed by atoms with E-state index < -0.39 is 0 Å². The van der Waals surface area contributed by atoms with Gasteiger partial charge < -0.3 is 15.3 Å². The average Bonchev–Trinajstić information content (AvgIpc) is 3.29. The van der Waals surface area contributed by atoms with Crippen molar-refractivity contribution in [2.75, 3.05) is 26.7 Å². The molecule has 6 nitrogen and oxygen atoms in total. The standard InChI is InChI=1S/C20H22N4O2S2/c1-24-8-6-13(7-9-24)11-21-20-23-18(26)17(28-20)10-14-12-27-19(22-14)15-4-2-3-5-16(15)25/h2-5,10,12-13,25H,6-9,11H2,1H3,(H,21,23,26)/b17-10-. The first-order valence-corrected chi connectivity index (χ1v) is 11.0. The third-order valence-corrected chi connectivity index (χ3v) is 6.76. The number of aromatic nitrogens is 1. The maximum atomic E-state index is 12.3. The molecule has 0 aliphatic carbocycles. The molecule has 2 N–H and O–H groups in total. The van der Waals surface area contributed by atoms with E-state index in [-0.39, 0.29) is 11.7 Å². The van der Waals surface area contributed by atoms with Crippen molar-refractivity contribution in [2.24, 2.45) is 10.9 Å². The fourth-order valence-electron chi connectivity index (χ4n) is 3.22. The lowest BCUT2D eigenvalue weighted by atomic mass is 9.97. The summed E-state index contributed by atoms with van der Waals surface area (Å²) >= 11 is 2.81. The van der Waals surface area contributed by atoms with Crippen molar-refractivity contribution in [1.29, 1.82) is 0 Å². The number of para-hydroxylation sites is 1. The number of aliphatic imine (C=N–C) groups is 1. The third-order valence-electron chi connectivity index (χ3n) is 4.92. The van der Waals surface area contributed by atoms with Gasteiger partial charge in [0.1, 0.15) is 10.8 Å². The predicted octanol–water partition coefficient (Wildman–Crippen LogP) is 3.42. The molecule has 0 saturated carbocycles. The van der Waals surface area contributed by atoms with E-state index in [0.29, 0.717) is 27.2 Å². The van der Waals surface area contributed by atoms with Crippen LogP contribution in [0, 0.1) is 5.92 Å². The van der Waals surface area contributed by atoms with Crippen molar-refractivity contribution in [3.8, 4) is 16.3 Å². The summed E-state index contributed by atoms with van der Waals surface area (Å²) in [6.45, 7) is 2.99. The first-order chi connectivity index (χ1) is 13.6. The zero-order chi connectivity index (χ0) is 19.5. The van der Waals surface area contributed by atoms with E-state index in [0.717, 1.165) is 37.5 Å². The number of hydrogen-bond donors (Lipinski definition) is 2. The van der Waals surface area contributed by atoms with Gasteiger partial charge in [0.25, 0.3) is 5.91 Å². The molecule has 2 fully saturated rings. The highest BCUT2D eigenvalue weighted by molar-refractivity contribution is 8.18. The summed E-state index contributed by atoms with van der Waals surface area (Å²) in [7, 11) is 2.15. The molecule has 0 unspecified atom stereocenters. The van der Waals surface area contributed by atoms with Crippen molar-refractivity contribution in [3.05, 3.63) is 40.2 Å². The summed E-state index contributed by atoms with van der Waals surface area (Å²) in [5.74, 6) is 0.658. The van der Waals surface area contributed by atoms with E-state index in [9.17, 15) is 9.90 Å². The van der Waals surface area contributed by atoms with Crippen LogP contribution in [-0.2, 0) is 4.79 Å². The van der Waals surface area contributed by atoms with Gasteiger partial charge in [-0.3, -0.25) is 9.79 Å². The predicted molar refractivity (Wildman–Crippen MR) is 115 cm³/mol. The van der Waals surface area contributed by atoms with E-state index in [1.807, 2.05) is 17.5 Å². The Balaban J connectivity index is 1.42. The number of rotatable bonds is 4. The second kappa shape index (κ2) is 8.46. The van der Waals surface area contributed by atoms with Crippen LogP contribution in [-0.4, -0.2) is 52.7 Å². The number of benzene rings is 1. The van der Waals surface area contributed by atoms with Crippen molar-refractivity contribution >= 4 is 40.2 Å². The lowest BCUT2D eigenvalue weighted by molar-refractivity contribution is -0.115. The second-order valence-electron chi connectivity index (χ2n) is 7.05. The Bertz CT molecular complexity index is 930. The molecule has 2 aromatic rings. The van der Waals surface area contributed by atoms with E-state index in [4.69, 9.17) is 0 Å². The molecule has 28 heavy (non-hydrogen) atoms. The number of nitrogens with zero attached hydrogens (tertiary/aromatic N) is 3. The van der Waals surface area contributed by atoms with E-state index in [1.165, 1.54) is 23.1 Å². The van der Waals surface area contributed by atoms with Crippen LogP contribution in [0.1, 0.15) is 18.5 Å². The topological polar surface area (TPSA) is 77.8 Å². The van der Waals surface area contributed by atoms with Gasteiger partial charge in [-0.05, 0) is 68.9 Å². The molecule has 2 aliphatic rings. The minimum atomic E-state index is -0.135. The molecular weight excluding hydrogens is 392 g/mol. The molecule has 146 valence electrons. The van der Waals surface area contributed by atoms with Crippen LogP contribution < -0.4 is 5.32 Å². The highest BCUT2D eigenvalue weighted by Crippen LogP contribution is 2.33. The van der Waals surface area contributed by atoms with Crippen molar-refractivity contribution in [2.45, 2.75) is 12.8 Å². The normalized spacial score (nSPS) is 21.5. The Kier molecular flexibility index (Phi) is 5.79. The van der Waals surface area contributed by atoms with Crippen LogP contribution in [0.25, 0.3) is 16.6 Å². The van der Waals surface area contributed by atoms with Gasteiger partial charge >= 0.3 is 0 Å². The van der Waals surface area contributed by atoms with E-state index >= 15 is 0 Å². The highest BCUT2D eigenvalue weighted by Gasteiger charge is 2.25. The van der Waals surface area contributed by atoms with Crippen molar-refractivity contribution < 1.29 is 9.90 Å². The molecule has 1 amide bonds. The number of hydrogen-bond acceptors (Lipinski definition) is 7. The van der Waals surface area contributed by atoms with Crippen LogP contribution in [0.3, 0.4) is 0 Å². The number of likely N-dealkylation sites (tertiary alicyclic amines) is 1. The molecule has 0 radical (unpaired) electrons. The summed E-state index contributed by atoms with van der Waals surface area (Å²) in [6, 6.07) is 7.11. The summed E-state index contributed by atoms with van der Waals surface area (Å²) in [4.78, 5) is 24.3. The van der Waals surface area contributed by atoms with Gasteiger partial charge in [0.2, 0.25) is 0 Å². The van der Waals surface area contributed by atoms with Crippen LogP contribution >= 0.6 is 23.1 Å². The number of thiazole rings is 1. The second-order valence-corrected chi connectivity index (χ2v) is 8.94. The lowest BCUT2D eigenvalue weighted by Crippen LogP contribution is -2.31. The maximum Gasteiger partial charge on any atom is 0.264 e. The Hall–Kier alpha value is -2.16. The molecule has 8 heteroatoms. The average molecular weight is 415 g/mol. The largest absolute Gasteiger partial charge is 0.507 e. The zero-order valence-electron chi connectivity index (χ0n) is 15.6. The fourth-order valence-corrected chi connectivity index (χ4v) is 4.85. The summed E-state index contributed by atoms with van der Waals surface area (Å²) in [5, 5.41) is 16.1. The zero-order valence-corrected chi connectivity index (χ0v) is 17.2. The lowest BCUT2D eigenvalue weighted by Gasteiger charge is -2.27. The summed E-state index contributed by atoms with van der Waals surface area (Å²) < 4.78 is 0. The number of amides is 1. The molecule has 0 spiro atoms. The number of piperidine rings is 1. The molecule has 0 bridgehead atoms. The van der Waals surface area contributed by atoms with Crippen LogP contribution in [0.15, 0.2) is 39.5 Å². The Morgan fingerprint density at radius 1 is 1.36 bits per heavy atom. The van der Waals surface area contributed by atoms with Gasteiger partial charge in [-0.25, -0.2) is 4.98 Å². The van der Waals surface area contributed by atoms with Crippen LogP contribution in [0.2, 0.25) is 0 Å². The van der Waals surface area contributed by atoms with Gasteiger partial charge in [-0.2, -0.15) is 0 Å². The van der Waals surface area contributed by atoms with Gasteiger partial charge in [0.15, 0.2) is 5.17 Å². The quantitative estimate of drug-likeness (QED) is 0.750. The Labute approximate surface area is 172 Å². The van der Waals surface area contributed by atoms with E-state index in [2.05, 4.69) is 27.2 Å². The smallest absolute Gasteiger partial charge is 0.264 e. The molecule has 2 saturated heterocycles. The first kappa shape index (κ1) is 19.2. The highest BCUT2D eigenvalue weighted by atomic mass is 32.2. The summed E-state index contributed by atoms with van der Waals surface area (Å²) in [5.41, 5.74) is 1.40. The number of thioether (sulfide) groups is 1. The number of phenols is 1. The van der Waals surface area contributed by atoms with Gasteiger partial charge in [0, 0.05) is 11.9 Å². The van der Waals surface area contributed by atoms with Gasteiger partial charge in [-0.1, -0.05) is 12.1 Å². The Morgan fingerprint density at radius 3 is 2.93 bits per heavy atom. The van der Waals surface area contributed by atoms with Crippen molar-refractivity contribution in [1.82, 2.24) is 15.2 Å². The molecule has 1 aromatic carbocycles. The van der Waals surface area contributed by atoms with Gasteiger partial charge in [0.05, 0.1) is 16.2 Å². The number of carbonyl (C=O) groups is 1. The third kappa shape index (κ3) is 4.45. The molecule has 2 aliphatic heterocycles. The van der Waals surface area contributed by atoms with Crippen molar-refractivity contribution in [3.63, 3.8) is 0 Å². The first-order valence-electron chi connectivity index (χ1n) is 9.26. The number of phenolic OH excluding ortho intramolecular Hbond substituents is 1. The summed E-state index contributed by atoms with van der Waals surface area (Å²) in [6.07, 6.45) is 4.09. The number of aromatic hydroxyl groups is 1. The molecule has 3 heterocycles. The van der Waals surface area contributed by atoms with Crippen LogP contribution in [0.5, 0.6) is 5.75 Å². The molecular formula is C20H22N4O2S2. The number of nitrogens with one attached hydrogen (secondary N) is 1. The van der Waals surface area contributed by atoms with E-state index in [1.54, 1.807) is 18.2 Å².